The Bertz CT molecular complexity index is 1060. The maximum Gasteiger partial charge on any atom is 0.410 e. The maximum atomic E-state index is 13.4. The van der Waals surface area contributed by atoms with Crippen LogP contribution in [-0.2, 0) is 9.53 Å². The first-order valence-corrected chi connectivity index (χ1v) is 16.7. The number of hydrogen-bond donors (Lipinski definition) is 2. The largest absolute Gasteiger partial charge is 0.444 e. The first kappa shape index (κ1) is 28.8. The monoisotopic (exact) mass is 564 g/mol. The molecule has 5 aliphatic rings. The van der Waals surface area contributed by atoms with Gasteiger partial charge in [0.2, 0.25) is 5.91 Å². The van der Waals surface area contributed by atoms with Crippen molar-refractivity contribution in [1.82, 2.24) is 9.80 Å². The smallest absolute Gasteiger partial charge is 0.410 e. The zero-order valence-electron chi connectivity index (χ0n) is 25.6. The molecule has 2 saturated carbocycles. The Kier molecular flexibility index (Phi) is 8.54. The van der Waals surface area contributed by atoms with E-state index in [-0.39, 0.29) is 5.91 Å². The van der Waals surface area contributed by atoms with Gasteiger partial charge in [0.15, 0.2) is 0 Å². The Hall–Kier alpha value is -2.28. The summed E-state index contributed by atoms with van der Waals surface area (Å²) < 4.78 is 5.58. The van der Waals surface area contributed by atoms with Gasteiger partial charge in [-0.3, -0.25) is 14.6 Å². The molecule has 1 aromatic rings. The standard InChI is InChI=1S/C34H52N4O3/c1-34(2,3)41-33(40)37-17-9-16-31(37)32(39)36-30-15-7-6-14-29(30)35-25-21-26-12-8-13-27(22-25)38(26)28-19-23-10-4-5-11-24(18-23)20-28/h6-7,14-15,23-28,31,35H,4-5,8-13,16-22H2,1-3H3,(H,36,39)/t23-,24+,25?,26-,27+,28?,31-/m0/s1. The molecule has 4 bridgehead atoms. The van der Waals surface area contributed by atoms with Crippen LogP contribution < -0.4 is 10.6 Å². The fourth-order valence-electron chi connectivity index (χ4n) is 8.97. The number of nitrogens with zero attached hydrogens (tertiary/aromatic N) is 2. The third kappa shape index (κ3) is 6.71. The lowest BCUT2D eigenvalue weighted by Crippen LogP contribution is -2.59. The van der Waals surface area contributed by atoms with E-state index in [2.05, 4.69) is 21.6 Å². The minimum absolute atomic E-state index is 0.131. The highest BCUT2D eigenvalue weighted by Gasteiger charge is 2.44. The fraction of sp³-hybridized carbons (Fsp3) is 0.765. The van der Waals surface area contributed by atoms with E-state index < -0.39 is 17.7 Å². The van der Waals surface area contributed by atoms with Crippen LogP contribution in [0.4, 0.5) is 16.2 Å². The molecule has 3 aliphatic heterocycles. The predicted molar refractivity (Wildman–Crippen MR) is 164 cm³/mol. The number of rotatable bonds is 5. The molecule has 3 saturated heterocycles. The summed E-state index contributed by atoms with van der Waals surface area (Å²) in [7, 11) is 0. The summed E-state index contributed by atoms with van der Waals surface area (Å²) in [6.45, 7) is 6.13. The van der Waals surface area contributed by atoms with Crippen LogP contribution in [0.1, 0.15) is 111 Å². The molecule has 2 N–H and O–H groups in total. The van der Waals surface area contributed by atoms with Crippen LogP contribution >= 0.6 is 0 Å². The summed E-state index contributed by atoms with van der Waals surface area (Å²) in [5.41, 5.74) is 1.21. The molecule has 0 spiro atoms. The summed E-state index contributed by atoms with van der Waals surface area (Å²) in [5.74, 6) is 1.78. The molecule has 0 radical (unpaired) electrons. The molecule has 7 atom stereocenters. The molecule has 0 aromatic heterocycles. The van der Waals surface area contributed by atoms with Gasteiger partial charge in [0.25, 0.3) is 0 Å². The number of carbonyl (C=O) groups excluding carboxylic acids is 2. The molecule has 2 aliphatic carbocycles. The number of nitrogens with one attached hydrogen (secondary N) is 2. The van der Waals surface area contributed by atoms with Crippen molar-refractivity contribution in [3.8, 4) is 0 Å². The molecule has 41 heavy (non-hydrogen) atoms. The number of hydrogen-bond acceptors (Lipinski definition) is 5. The number of fused-ring (bicyclic) bond motifs is 4. The summed E-state index contributed by atoms with van der Waals surface area (Å²) in [6, 6.07) is 10.1. The number of piperidine rings is 2. The highest BCUT2D eigenvalue weighted by molar-refractivity contribution is 5.99. The van der Waals surface area contributed by atoms with Crippen LogP contribution in [-0.4, -0.2) is 64.2 Å². The Balaban J connectivity index is 1.10. The zero-order valence-corrected chi connectivity index (χ0v) is 25.6. The van der Waals surface area contributed by atoms with Crippen LogP contribution in [0.15, 0.2) is 24.3 Å². The van der Waals surface area contributed by atoms with Gasteiger partial charge in [-0.05, 0) is 103 Å². The number of anilines is 2. The molecule has 5 fully saturated rings. The molecular weight excluding hydrogens is 512 g/mol. The van der Waals surface area contributed by atoms with E-state index in [0.717, 1.165) is 35.7 Å². The molecule has 1 aromatic carbocycles. The van der Waals surface area contributed by atoms with Crippen molar-refractivity contribution in [3.63, 3.8) is 0 Å². The van der Waals surface area contributed by atoms with E-state index in [4.69, 9.17) is 4.74 Å². The third-order valence-electron chi connectivity index (χ3n) is 10.5. The molecule has 2 unspecified atom stereocenters. The third-order valence-corrected chi connectivity index (χ3v) is 10.5. The van der Waals surface area contributed by atoms with E-state index in [1.165, 1.54) is 77.0 Å². The normalized spacial score (nSPS) is 34.0. The predicted octanol–water partition coefficient (Wildman–Crippen LogP) is 7.18. The van der Waals surface area contributed by atoms with Gasteiger partial charge >= 0.3 is 6.09 Å². The van der Waals surface area contributed by atoms with E-state index in [1.54, 1.807) is 4.90 Å². The Morgan fingerprint density at radius 3 is 2.10 bits per heavy atom. The second-order valence-electron chi connectivity index (χ2n) is 14.7. The summed E-state index contributed by atoms with van der Waals surface area (Å²) in [4.78, 5) is 30.8. The summed E-state index contributed by atoms with van der Waals surface area (Å²) in [6.07, 6.45) is 17.6. The average Bonchev–Trinajstić information content (AvgIpc) is 3.35. The van der Waals surface area contributed by atoms with Crippen molar-refractivity contribution >= 4 is 23.4 Å². The topological polar surface area (TPSA) is 73.9 Å². The van der Waals surface area contributed by atoms with Crippen molar-refractivity contribution in [2.24, 2.45) is 11.8 Å². The van der Waals surface area contributed by atoms with Gasteiger partial charge in [-0.25, -0.2) is 4.79 Å². The zero-order chi connectivity index (χ0) is 28.6. The van der Waals surface area contributed by atoms with Crippen LogP contribution in [0.5, 0.6) is 0 Å². The number of carbonyl (C=O) groups is 2. The quantitative estimate of drug-likeness (QED) is 0.396. The van der Waals surface area contributed by atoms with Gasteiger partial charge in [0, 0.05) is 30.7 Å². The van der Waals surface area contributed by atoms with Gasteiger partial charge in [-0.1, -0.05) is 44.2 Å². The number of benzene rings is 1. The average molecular weight is 565 g/mol. The minimum Gasteiger partial charge on any atom is -0.444 e. The van der Waals surface area contributed by atoms with Crippen molar-refractivity contribution in [1.29, 1.82) is 0 Å². The van der Waals surface area contributed by atoms with Crippen LogP contribution in [0.2, 0.25) is 0 Å². The molecule has 3 heterocycles. The number of para-hydroxylation sites is 2. The fourth-order valence-corrected chi connectivity index (χ4v) is 8.97. The first-order valence-electron chi connectivity index (χ1n) is 16.7. The lowest BCUT2D eigenvalue weighted by molar-refractivity contribution is -0.120. The Morgan fingerprint density at radius 1 is 0.780 bits per heavy atom. The summed E-state index contributed by atoms with van der Waals surface area (Å²) in [5, 5.41) is 7.03. The van der Waals surface area contributed by atoms with E-state index in [0.29, 0.717) is 31.1 Å². The van der Waals surface area contributed by atoms with Gasteiger partial charge in [0.05, 0.1) is 11.4 Å². The van der Waals surface area contributed by atoms with E-state index in [9.17, 15) is 9.59 Å². The highest BCUT2D eigenvalue weighted by Crippen LogP contribution is 2.45. The van der Waals surface area contributed by atoms with Gasteiger partial charge in [-0.2, -0.15) is 0 Å². The van der Waals surface area contributed by atoms with Crippen molar-refractivity contribution in [3.05, 3.63) is 24.3 Å². The number of likely N-dealkylation sites (tertiary alicyclic amines) is 1. The first-order chi connectivity index (χ1) is 19.7. The number of amides is 2. The molecule has 2 amide bonds. The minimum atomic E-state index is -0.583. The van der Waals surface area contributed by atoms with E-state index >= 15 is 0 Å². The Morgan fingerprint density at radius 2 is 1.44 bits per heavy atom. The second kappa shape index (κ2) is 12.1. The van der Waals surface area contributed by atoms with Crippen molar-refractivity contribution in [2.75, 3.05) is 17.2 Å². The van der Waals surface area contributed by atoms with Crippen LogP contribution in [0.25, 0.3) is 0 Å². The number of ether oxygens (including phenoxy) is 1. The van der Waals surface area contributed by atoms with Crippen LogP contribution in [0.3, 0.4) is 0 Å². The van der Waals surface area contributed by atoms with E-state index in [1.807, 2.05) is 39.0 Å². The molecule has 7 nitrogen and oxygen atoms in total. The maximum absolute atomic E-state index is 13.4. The SMILES string of the molecule is CC(C)(C)OC(=O)N1CCC[C@H]1C(=O)Nc1ccccc1NC1C[C@H]2CCC[C@@H](C1)N2C1C[C@H]2CCCC[C@@H](C1)C2. The lowest BCUT2D eigenvalue weighted by Gasteiger charge is -2.54. The van der Waals surface area contributed by atoms with Crippen LogP contribution in [0, 0.1) is 11.8 Å². The summed E-state index contributed by atoms with van der Waals surface area (Å²) >= 11 is 0. The van der Waals surface area contributed by atoms with Crippen molar-refractivity contribution < 1.29 is 14.3 Å². The lowest BCUT2D eigenvalue weighted by atomic mass is 9.73. The molecule has 6 rings (SSSR count). The van der Waals surface area contributed by atoms with Gasteiger partial charge < -0.3 is 15.4 Å². The second-order valence-corrected chi connectivity index (χ2v) is 14.7. The highest BCUT2D eigenvalue weighted by atomic mass is 16.6. The Labute approximate surface area is 247 Å². The van der Waals surface area contributed by atoms with Gasteiger partial charge in [-0.15, -0.1) is 0 Å². The van der Waals surface area contributed by atoms with Crippen molar-refractivity contribution in [2.45, 2.75) is 146 Å². The van der Waals surface area contributed by atoms with Gasteiger partial charge in [0.1, 0.15) is 11.6 Å². The molecule has 7 heteroatoms. The molecular formula is C34H52N4O3. The molecule has 226 valence electrons.